The number of carbonyl (C=O) groups is 1. The largest absolute Gasteiger partial charge is 0.355 e. The minimum absolute atomic E-state index is 0.0826. The molecule has 2 N–H and O–H groups in total. The molecule has 0 aliphatic heterocycles. The van der Waals surface area contributed by atoms with Gasteiger partial charge in [-0.3, -0.25) is 4.79 Å². The van der Waals surface area contributed by atoms with E-state index in [1.54, 1.807) is 0 Å². The summed E-state index contributed by atoms with van der Waals surface area (Å²) in [7, 11) is 0. The van der Waals surface area contributed by atoms with E-state index in [1.807, 2.05) is 6.92 Å². The summed E-state index contributed by atoms with van der Waals surface area (Å²) in [6, 6.07) is 8.92. The van der Waals surface area contributed by atoms with E-state index in [2.05, 4.69) is 34.9 Å². The van der Waals surface area contributed by atoms with Crippen LogP contribution in [0.25, 0.3) is 0 Å². The summed E-state index contributed by atoms with van der Waals surface area (Å²) in [5, 5.41) is 6.21. The molecule has 0 fully saturated rings. The van der Waals surface area contributed by atoms with Gasteiger partial charge in [0.15, 0.2) is 0 Å². The van der Waals surface area contributed by atoms with Crippen LogP contribution in [-0.2, 0) is 11.2 Å². The molecule has 0 saturated heterocycles. The Labute approximate surface area is 109 Å². The number of likely N-dealkylation sites (N-methyl/N-ethyl adjacent to an activating group) is 1. The van der Waals surface area contributed by atoms with E-state index in [1.165, 1.54) is 24.0 Å². The lowest BCUT2D eigenvalue weighted by atomic mass is 9.99. The minimum Gasteiger partial charge on any atom is -0.355 e. The van der Waals surface area contributed by atoms with Gasteiger partial charge in [0.2, 0.25) is 5.91 Å². The molecule has 0 bridgehead atoms. The number of aryl methyl sites for hydroxylation is 1. The normalized spacial score (nSPS) is 18.8. The standard InChI is InChI=1S/C15H22N2O/c1-2-16-15(18)11-17-14-10-6-4-8-12-7-3-5-9-13(12)14/h3,5,7,9,14,17H,2,4,6,8,10-11H2,1H3,(H,16,18). The maximum Gasteiger partial charge on any atom is 0.233 e. The predicted octanol–water partition coefficient (Wildman–Crippen LogP) is 2.18. The van der Waals surface area contributed by atoms with Crippen molar-refractivity contribution in [3.8, 4) is 0 Å². The zero-order valence-electron chi connectivity index (χ0n) is 11.0. The first kappa shape index (κ1) is 13.1. The van der Waals surface area contributed by atoms with Crippen LogP contribution in [0.3, 0.4) is 0 Å². The first-order valence-electron chi connectivity index (χ1n) is 6.89. The Morgan fingerprint density at radius 3 is 3.00 bits per heavy atom. The molecule has 1 aromatic rings. The minimum atomic E-state index is 0.0826. The van der Waals surface area contributed by atoms with Gasteiger partial charge in [-0.25, -0.2) is 0 Å². The quantitative estimate of drug-likeness (QED) is 0.800. The summed E-state index contributed by atoms with van der Waals surface area (Å²) in [5.41, 5.74) is 2.81. The molecular weight excluding hydrogens is 224 g/mol. The smallest absolute Gasteiger partial charge is 0.233 e. The highest BCUT2D eigenvalue weighted by Gasteiger charge is 2.18. The fraction of sp³-hybridized carbons (Fsp3) is 0.533. The van der Waals surface area contributed by atoms with E-state index >= 15 is 0 Å². The van der Waals surface area contributed by atoms with Crippen LogP contribution in [0.5, 0.6) is 0 Å². The highest BCUT2D eigenvalue weighted by molar-refractivity contribution is 5.77. The molecule has 0 heterocycles. The highest BCUT2D eigenvalue weighted by Crippen LogP contribution is 2.28. The number of nitrogens with one attached hydrogen (secondary N) is 2. The van der Waals surface area contributed by atoms with Crippen LogP contribution >= 0.6 is 0 Å². The van der Waals surface area contributed by atoms with Crippen LogP contribution in [0, 0.1) is 0 Å². The third-order valence-electron chi connectivity index (χ3n) is 3.50. The van der Waals surface area contributed by atoms with Gasteiger partial charge in [0.25, 0.3) is 0 Å². The Morgan fingerprint density at radius 1 is 1.33 bits per heavy atom. The van der Waals surface area contributed by atoms with E-state index in [4.69, 9.17) is 0 Å². The predicted molar refractivity (Wildman–Crippen MR) is 73.4 cm³/mol. The number of amides is 1. The summed E-state index contributed by atoms with van der Waals surface area (Å²) in [6.07, 6.45) is 4.75. The van der Waals surface area contributed by atoms with Gasteiger partial charge in [-0.15, -0.1) is 0 Å². The number of benzene rings is 1. The maximum absolute atomic E-state index is 11.5. The SMILES string of the molecule is CCNC(=O)CNC1CCCCc2ccccc21. The van der Waals surface area contributed by atoms with Gasteiger partial charge in [-0.05, 0) is 37.3 Å². The molecule has 1 unspecified atom stereocenters. The summed E-state index contributed by atoms with van der Waals surface area (Å²) >= 11 is 0. The number of rotatable bonds is 4. The van der Waals surface area contributed by atoms with E-state index in [-0.39, 0.29) is 5.91 Å². The number of carbonyl (C=O) groups excluding carboxylic acids is 1. The molecule has 98 valence electrons. The van der Waals surface area contributed by atoms with Crippen molar-refractivity contribution < 1.29 is 4.79 Å². The van der Waals surface area contributed by atoms with E-state index in [0.717, 1.165) is 12.8 Å². The second-order valence-corrected chi connectivity index (χ2v) is 4.83. The van der Waals surface area contributed by atoms with Crippen LogP contribution in [0.1, 0.15) is 43.4 Å². The first-order valence-corrected chi connectivity index (χ1v) is 6.89. The third-order valence-corrected chi connectivity index (χ3v) is 3.50. The molecule has 0 saturated carbocycles. The summed E-state index contributed by atoms with van der Waals surface area (Å²) < 4.78 is 0. The Bertz CT molecular complexity index is 403. The second-order valence-electron chi connectivity index (χ2n) is 4.83. The molecule has 18 heavy (non-hydrogen) atoms. The summed E-state index contributed by atoms with van der Waals surface area (Å²) in [4.78, 5) is 11.5. The zero-order chi connectivity index (χ0) is 12.8. The number of hydrogen-bond donors (Lipinski definition) is 2. The maximum atomic E-state index is 11.5. The van der Waals surface area contributed by atoms with Crippen LogP contribution in [0.15, 0.2) is 24.3 Å². The lowest BCUT2D eigenvalue weighted by molar-refractivity contribution is -0.120. The van der Waals surface area contributed by atoms with Gasteiger partial charge < -0.3 is 10.6 Å². The van der Waals surface area contributed by atoms with Gasteiger partial charge in [0.1, 0.15) is 0 Å². The van der Waals surface area contributed by atoms with E-state index in [0.29, 0.717) is 19.1 Å². The van der Waals surface area contributed by atoms with Gasteiger partial charge >= 0.3 is 0 Å². The molecule has 1 atom stereocenters. The van der Waals surface area contributed by atoms with E-state index < -0.39 is 0 Å². The number of fused-ring (bicyclic) bond motifs is 1. The molecular formula is C15H22N2O. The molecule has 3 nitrogen and oxygen atoms in total. The van der Waals surface area contributed by atoms with Crippen molar-refractivity contribution in [1.29, 1.82) is 0 Å². The van der Waals surface area contributed by atoms with Crippen molar-refractivity contribution in [3.63, 3.8) is 0 Å². The van der Waals surface area contributed by atoms with Gasteiger partial charge in [-0.2, -0.15) is 0 Å². The monoisotopic (exact) mass is 246 g/mol. The molecule has 1 aliphatic carbocycles. The molecule has 3 heteroatoms. The van der Waals surface area contributed by atoms with Gasteiger partial charge in [0, 0.05) is 12.6 Å². The van der Waals surface area contributed by atoms with Crippen molar-refractivity contribution >= 4 is 5.91 Å². The van der Waals surface area contributed by atoms with Crippen molar-refractivity contribution in [1.82, 2.24) is 10.6 Å². The van der Waals surface area contributed by atoms with Gasteiger partial charge in [-0.1, -0.05) is 30.7 Å². The Hall–Kier alpha value is -1.35. The fourth-order valence-corrected chi connectivity index (χ4v) is 2.61. The lowest BCUT2D eigenvalue weighted by Gasteiger charge is -2.19. The van der Waals surface area contributed by atoms with Crippen molar-refractivity contribution in [3.05, 3.63) is 35.4 Å². The molecule has 1 aliphatic rings. The zero-order valence-corrected chi connectivity index (χ0v) is 11.0. The Kier molecular flexibility index (Phi) is 4.76. The second kappa shape index (κ2) is 6.55. The first-order chi connectivity index (χ1) is 8.81. The lowest BCUT2D eigenvalue weighted by Crippen LogP contribution is -2.35. The molecule has 1 aromatic carbocycles. The topological polar surface area (TPSA) is 41.1 Å². The molecule has 0 radical (unpaired) electrons. The molecule has 2 rings (SSSR count). The van der Waals surface area contributed by atoms with Crippen molar-refractivity contribution in [2.24, 2.45) is 0 Å². The van der Waals surface area contributed by atoms with Crippen LogP contribution in [0.4, 0.5) is 0 Å². The molecule has 0 aromatic heterocycles. The van der Waals surface area contributed by atoms with Crippen LogP contribution in [0.2, 0.25) is 0 Å². The Balaban J connectivity index is 2.02. The van der Waals surface area contributed by atoms with Gasteiger partial charge in [0.05, 0.1) is 6.54 Å². The Morgan fingerprint density at radius 2 is 2.17 bits per heavy atom. The summed E-state index contributed by atoms with van der Waals surface area (Å²) in [5.74, 6) is 0.0826. The number of hydrogen-bond acceptors (Lipinski definition) is 2. The average Bonchev–Trinajstić information content (AvgIpc) is 2.59. The fourth-order valence-electron chi connectivity index (χ4n) is 2.61. The van der Waals surface area contributed by atoms with E-state index in [9.17, 15) is 4.79 Å². The highest BCUT2D eigenvalue weighted by atomic mass is 16.1. The van der Waals surface area contributed by atoms with Crippen LogP contribution in [-0.4, -0.2) is 19.0 Å². The molecule has 1 amide bonds. The molecule has 0 spiro atoms. The van der Waals surface area contributed by atoms with Crippen molar-refractivity contribution in [2.45, 2.75) is 38.6 Å². The third kappa shape index (κ3) is 3.33. The van der Waals surface area contributed by atoms with Crippen molar-refractivity contribution in [2.75, 3.05) is 13.1 Å². The summed E-state index contributed by atoms with van der Waals surface area (Å²) in [6.45, 7) is 3.05. The average molecular weight is 246 g/mol. The van der Waals surface area contributed by atoms with Crippen LogP contribution < -0.4 is 10.6 Å².